The number of non-ortho nitro benzene ring substituents is 1. The second-order valence-corrected chi connectivity index (χ2v) is 8.09. The van der Waals surface area contributed by atoms with Gasteiger partial charge in [0.05, 0.1) is 10.3 Å². The number of hydrogen-bond acceptors (Lipinski definition) is 5. The summed E-state index contributed by atoms with van der Waals surface area (Å²) < 4.78 is 0. The fraction of sp³-hybridized carbons (Fsp3) is 0.250. The van der Waals surface area contributed by atoms with Gasteiger partial charge in [-0.3, -0.25) is 29.5 Å². The Balaban J connectivity index is 0.00000245. The molecule has 3 aromatic rings. The first-order valence-corrected chi connectivity index (χ1v) is 10.4. The van der Waals surface area contributed by atoms with Crippen molar-refractivity contribution in [2.45, 2.75) is 25.4 Å². The third-order valence-corrected chi connectivity index (χ3v) is 6.28. The second kappa shape index (κ2) is 8.68. The van der Waals surface area contributed by atoms with Crippen molar-refractivity contribution in [2.24, 2.45) is 0 Å². The van der Waals surface area contributed by atoms with Crippen LogP contribution in [0.25, 0.3) is 10.8 Å². The molecule has 0 unspecified atom stereocenters. The van der Waals surface area contributed by atoms with Crippen LogP contribution in [-0.2, 0) is 6.54 Å². The molecule has 0 radical (unpaired) electrons. The normalized spacial score (nSPS) is 16.8. The van der Waals surface area contributed by atoms with Gasteiger partial charge in [0.2, 0.25) is 0 Å². The number of nitro benzene ring substituents is 1. The molecule has 2 aliphatic heterocycles. The zero-order valence-electron chi connectivity index (χ0n) is 17.3. The number of carbonyl (C=O) groups is 2. The highest BCUT2D eigenvalue weighted by atomic mass is 35.5. The molecule has 0 N–H and O–H groups in total. The molecule has 2 aliphatic rings. The predicted octanol–water partition coefficient (Wildman–Crippen LogP) is 4.43. The molecule has 0 atom stereocenters. The lowest BCUT2D eigenvalue weighted by molar-refractivity contribution is -0.383. The van der Waals surface area contributed by atoms with Crippen molar-refractivity contribution in [3.05, 3.63) is 87.5 Å². The summed E-state index contributed by atoms with van der Waals surface area (Å²) in [6.07, 6.45) is 1.42. The zero-order valence-corrected chi connectivity index (χ0v) is 18.1. The van der Waals surface area contributed by atoms with Gasteiger partial charge < -0.3 is 0 Å². The molecule has 164 valence electrons. The molecule has 3 aromatic carbocycles. The van der Waals surface area contributed by atoms with Crippen LogP contribution >= 0.6 is 12.4 Å². The van der Waals surface area contributed by atoms with Gasteiger partial charge in [-0.2, -0.15) is 0 Å². The number of piperidine rings is 1. The lowest BCUT2D eigenvalue weighted by Crippen LogP contribution is -2.51. The van der Waals surface area contributed by atoms with Gasteiger partial charge >= 0.3 is 0 Å². The number of halogens is 1. The highest BCUT2D eigenvalue weighted by Crippen LogP contribution is 2.37. The zero-order chi connectivity index (χ0) is 21.5. The Kier molecular flexibility index (Phi) is 5.95. The second-order valence-electron chi connectivity index (χ2n) is 8.09. The van der Waals surface area contributed by atoms with E-state index < -0.39 is 4.92 Å². The molecule has 5 rings (SSSR count). The molecule has 2 amide bonds. The van der Waals surface area contributed by atoms with Crippen LogP contribution in [0.2, 0.25) is 0 Å². The van der Waals surface area contributed by atoms with Gasteiger partial charge in [0, 0.05) is 48.3 Å². The molecule has 1 saturated heterocycles. The van der Waals surface area contributed by atoms with E-state index in [2.05, 4.69) is 17.0 Å². The molecular formula is C24H22ClN3O4. The monoisotopic (exact) mass is 451 g/mol. The van der Waals surface area contributed by atoms with Crippen molar-refractivity contribution in [3.63, 3.8) is 0 Å². The SMILES string of the molecule is Cl.O=C1c2cccc3c([N+](=O)[O-])ccc(c23)C(=O)N1C1CCN(Cc2ccccc2)CC1. The molecule has 8 heteroatoms. The summed E-state index contributed by atoms with van der Waals surface area (Å²) in [6.45, 7) is 2.45. The van der Waals surface area contributed by atoms with Gasteiger partial charge in [0.1, 0.15) is 0 Å². The van der Waals surface area contributed by atoms with Crippen molar-refractivity contribution in [1.29, 1.82) is 0 Å². The van der Waals surface area contributed by atoms with E-state index in [9.17, 15) is 19.7 Å². The average Bonchev–Trinajstić information content (AvgIpc) is 2.79. The van der Waals surface area contributed by atoms with Gasteiger partial charge in [-0.25, -0.2) is 0 Å². The van der Waals surface area contributed by atoms with Gasteiger partial charge in [-0.1, -0.05) is 36.4 Å². The lowest BCUT2D eigenvalue weighted by atomic mass is 9.90. The van der Waals surface area contributed by atoms with Crippen LogP contribution in [0, 0.1) is 10.1 Å². The van der Waals surface area contributed by atoms with E-state index in [1.54, 1.807) is 18.2 Å². The van der Waals surface area contributed by atoms with Crippen LogP contribution in [0.5, 0.6) is 0 Å². The van der Waals surface area contributed by atoms with Crippen LogP contribution in [-0.4, -0.2) is 45.7 Å². The summed E-state index contributed by atoms with van der Waals surface area (Å²) in [5.41, 5.74) is 1.88. The van der Waals surface area contributed by atoms with Crippen molar-refractivity contribution in [3.8, 4) is 0 Å². The van der Waals surface area contributed by atoms with Crippen molar-refractivity contribution in [1.82, 2.24) is 9.80 Å². The first-order valence-electron chi connectivity index (χ1n) is 10.4. The largest absolute Gasteiger partial charge is 0.299 e. The van der Waals surface area contributed by atoms with Crippen LogP contribution in [0.3, 0.4) is 0 Å². The molecule has 0 aromatic heterocycles. The molecule has 1 fully saturated rings. The molecule has 0 aliphatic carbocycles. The van der Waals surface area contributed by atoms with E-state index in [-0.39, 0.29) is 36.0 Å². The Bertz CT molecular complexity index is 1180. The Labute approximate surface area is 191 Å². The highest BCUT2D eigenvalue weighted by Gasteiger charge is 2.39. The van der Waals surface area contributed by atoms with Gasteiger partial charge in [0.25, 0.3) is 17.5 Å². The standard InChI is InChI=1S/C24H21N3O4.ClH/c28-23-19-8-4-7-18-21(27(30)31)10-9-20(22(18)19)24(29)26(23)17-11-13-25(14-12-17)15-16-5-2-1-3-6-16;/h1-10,17H,11-15H2;1H. The number of rotatable bonds is 4. The molecule has 2 heterocycles. The summed E-state index contributed by atoms with van der Waals surface area (Å²) in [5.74, 6) is -0.713. The van der Waals surface area contributed by atoms with Crippen molar-refractivity contribution < 1.29 is 14.5 Å². The first-order chi connectivity index (χ1) is 15.0. The number of amides is 2. The van der Waals surface area contributed by atoms with E-state index in [0.717, 1.165) is 19.6 Å². The first kappa shape index (κ1) is 21.9. The fourth-order valence-corrected chi connectivity index (χ4v) is 4.77. The maximum Gasteiger partial charge on any atom is 0.277 e. The minimum absolute atomic E-state index is 0. The van der Waals surface area contributed by atoms with Crippen molar-refractivity contribution in [2.75, 3.05) is 13.1 Å². The Morgan fingerprint density at radius 2 is 1.53 bits per heavy atom. The predicted molar refractivity (Wildman–Crippen MR) is 123 cm³/mol. The summed E-state index contributed by atoms with van der Waals surface area (Å²) in [6, 6.07) is 17.8. The summed E-state index contributed by atoms with van der Waals surface area (Å²) in [5, 5.41) is 12.1. The smallest absolute Gasteiger partial charge is 0.277 e. The van der Waals surface area contributed by atoms with Crippen LogP contribution < -0.4 is 0 Å². The lowest BCUT2D eigenvalue weighted by Gasteiger charge is -2.39. The maximum absolute atomic E-state index is 13.3. The Morgan fingerprint density at radius 3 is 2.19 bits per heavy atom. The van der Waals surface area contributed by atoms with Crippen LogP contribution in [0.1, 0.15) is 39.1 Å². The van der Waals surface area contributed by atoms with Crippen LogP contribution in [0.15, 0.2) is 60.7 Å². The Morgan fingerprint density at radius 1 is 0.875 bits per heavy atom. The third-order valence-electron chi connectivity index (χ3n) is 6.28. The maximum atomic E-state index is 13.3. The number of imide groups is 1. The molecule has 0 spiro atoms. The van der Waals surface area contributed by atoms with E-state index in [1.807, 2.05) is 18.2 Å². The number of carbonyl (C=O) groups excluding carboxylic acids is 2. The van der Waals surface area contributed by atoms with Crippen molar-refractivity contribution >= 4 is 40.7 Å². The number of likely N-dealkylation sites (tertiary alicyclic amines) is 1. The van der Waals surface area contributed by atoms with Gasteiger partial charge in [0.15, 0.2) is 0 Å². The van der Waals surface area contributed by atoms with E-state index in [4.69, 9.17) is 0 Å². The summed E-state index contributed by atoms with van der Waals surface area (Å²) in [7, 11) is 0. The molecule has 0 bridgehead atoms. The minimum Gasteiger partial charge on any atom is -0.299 e. The minimum atomic E-state index is -0.479. The van der Waals surface area contributed by atoms with E-state index in [0.29, 0.717) is 34.7 Å². The molecule has 7 nitrogen and oxygen atoms in total. The fourth-order valence-electron chi connectivity index (χ4n) is 4.77. The number of hydrogen-bond donors (Lipinski definition) is 0. The molecule has 0 saturated carbocycles. The van der Waals surface area contributed by atoms with Gasteiger partial charge in [-0.05, 0) is 36.6 Å². The summed E-state index contributed by atoms with van der Waals surface area (Å²) in [4.78, 5) is 41.2. The number of benzene rings is 3. The molecular weight excluding hydrogens is 430 g/mol. The average molecular weight is 452 g/mol. The highest BCUT2D eigenvalue weighted by molar-refractivity contribution is 6.26. The Hall–Kier alpha value is -3.29. The number of nitro groups is 1. The topological polar surface area (TPSA) is 83.8 Å². The van der Waals surface area contributed by atoms with E-state index >= 15 is 0 Å². The van der Waals surface area contributed by atoms with Gasteiger partial charge in [-0.15, -0.1) is 12.4 Å². The van der Waals surface area contributed by atoms with E-state index in [1.165, 1.54) is 22.6 Å². The number of nitrogens with zero attached hydrogens (tertiary/aromatic N) is 3. The quantitative estimate of drug-likeness (QED) is 0.333. The van der Waals surface area contributed by atoms with Crippen LogP contribution in [0.4, 0.5) is 5.69 Å². The molecule has 32 heavy (non-hydrogen) atoms. The summed E-state index contributed by atoms with van der Waals surface area (Å²) >= 11 is 0. The third kappa shape index (κ3) is 3.63.